The molecular weight excluding hydrogens is 243 g/mol. The Bertz CT molecular complexity index is 450. The molecule has 0 bridgehead atoms. The summed E-state index contributed by atoms with van der Waals surface area (Å²) in [6.07, 6.45) is 1.34. The highest BCUT2D eigenvalue weighted by atomic mass is 19.1. The molecule has 1 saturated heterocycles. The molecule has 2 rings (SSSR count). The highest BCUT2D eigenvalue weighted by Crippen LogP contribution is 2.24. The Balaban J connectivity index is 1.94. The van der Waals surface area contributed by atoms with E-state index in [9.17, 15) is 9.18 Å². The van der Waals surface area contributed by atoms with Crippen LogP contribution < -0.4 is 5.73 Å². The molecule has 1 aliphatic rings. The van der Waals surface area contributed by atoms with Crippen molar-refractivity contribution in [3.63, 3.8) is 0 Å². The fraction of sp³-hybridized carbons (Fsp3) is 0.533. The lowest BCUT2D eigenvalue weighted by Crippen LogP contribution is -2.30. The maximum Gasteiger partial charge on any atom is 0.223 e. The normalized spacial score (nSPS) is 20.6. The second-order valence-electron chi connectivity index (χ2n) is 5.36. The summed E-state index contributed by atoms with van der Waals surface area (Å²) in [4.78, 5) is 14.0. The number of nitrogens with two attached hydrogens (primary N) is 1. The van der Waals surface area contributed by atoms with Gasteiger partial charge < -0.3 is 10.6 Å². The van der Waals surface area contributed by atoms with Gasteiger partial charge in [0.05, 0.1) is 0 Å². The number of amides is 1. The Morgan fingerprint density at radius 2 is 2.26 bits per heavy atom. The first-order valence-electron chi connectivity index (χ1n) is 6.84. The van der Waals surface area contributed by atoms with Gasteiger partial charge in [0, 0.05) is 19.5 Å². The SMILES string of the molecule is C[C@H](CC(=O)N1CC[C@H](CN)C1)c1ccccc1F. The maximum absolute atomic E-state index is 13.6. The molecule has 1 aromatic rings. The number of nitrogens with zero attached hydrogens (tertiary/aromatic N) is 1. The molecule has 3 nitrogen and oxygen atoms in total. The predicted molar refractivity (Wildman–Crippen MR) is 73.2 cm³/mol. The van der Waals surface area contributed by atoms with Gasteiger partial charge in [-0.2, -0.15) is 0 Å². The fourth-order valence-corrected chi connectivity index (χ4v) is 2.63. The van der Waals surface area contributed by atoms with Gasteiger partial charge in [0.25, 0.3) is 0 Å². The molecule has 1 amide bonds. The summed E-state index contributed by atoms with van der Waals surface area (Å²) in [6, 6.07) is 6.66. The number of benzene rings is 1. The van der Waals surface area contributed by atoms with E-state index in [4.69, 9.17) is 5.73 Å². The highest BCUT2D eigenvalue weighted by molar-refractivity contribution is 5.77. The van der Waals surface area contributed by atoms with Crippen molar-refractivity contribution in [2.75, 3.05) is 19.6 Å². The van der Waals surface area contributed by atoms with E-state index in [0.717, 1.165) is 19.5 Å². The Hall–Kier alpha value is -1.42. The first kappa shape index (κ1) is 14.0. The molecule has 0 saturated carbocycles. The minimum absolute atomic E-state index is 0.0920. The van der Waals surface area contributed by atoms with Gasteiger partial charge in [-0.3, -0.25) is 4.79 Å². The highest BCUT2D eigenvalue weighted by Gasteiger charge is 2.26. The van der Waals surface area contributed by atoms with Crippen molar-refractivity contribution in [3.8, 4) is 0 Å². The van der Waals surface area contributed by atoms with Gasteiger partial charge in [0.2, 0.25) is 5.91 Å². The first-order chi connectivity index (χ1) is 9.11. The lowest BCUT2D eigenvalue weighted by molar-refractivity contribution is -0.130. The third-order valence-corrected chi connectivity index (χ3v) is 3.89. The summed E-state index contributed by atoms with van der Waals surface area (Å²) < 4.78 is 13.6. The average molecular weight is 264 g/mol. The van der Waals surface area contributed by atoms with Crippen LogP contribution in [0, 0.1) is 11.7 Å². The molecule has 2 atom stereocenters. The van der Waals surface area contributed by atoms with Crippen molar-refractivity contribution in [2.24, 2.45) is 11.7 Å². The fourth-order valence-electron chi connectivity index (χ4n) is 2.63. The molecule has 0 aliphatic carbocycles. The number of halogens is 1. The molecule has 1 heterocycles. The van der Waals surface area contributed by atoms with Crippen LogP contribution >= 0.6 is 0 Å². The molecule has 0 radical (unpaired) electrons. The topological polar surface area (TPSA) is 46.3 Å². The summed E-state index contributed by atoms with van der Waals surface area (Å²) in [6.45, 7) is 4.06. The van der Waals surface area contributed by atoms with Crippen molar-refractivity contribution in [1.82, 2.24) is 4.90 Å². The molecule has 1 fully saturated rings. The van der Waals surface area contributed by atoms with Gasteiger partial charge in [-0.05, 0) is 36.4 Å². The van der Waals surface area contributed by atoms with Crippen molar-refractivity contribution in [2.45, 2.75) is 25.7 Å². The molecule has 1 aliphatic heterocycles. The van der Waals surface area contributed by atoms with E-state index in [1.807, 2.05) is 11.8 Å². The van der Waals surface area contributed by atoms with Gasteiger partial charge in [-0.25, -0.2) is 4.39 Å². The Morgan fingerprint density at radius 3 is 2.89 bits per heavy atom. The number of hydrogen-bond acceptors (Lipinski definition) is 2. The van der Waals surface area contributed by atoms with Gasteiger partial charge in [-0.1, -0.05) is 25.1 Å². The molecule has 19 heavy (non-hydrogen) atoms. The third-order valence-electron chi connectivity index (χ3n) is 3.89. The van der Waals surface area contributed by atoms with E-state index in [-0.39, 0.29) is 17.6 Å². The van der Waals surface area contributed by atoms with Crippen molar-refractivity contribution in [3.05, 3.63) is 35.6 Å². The number of likely N-dealkylation sites (tertiary alicyclic amines) is 1. The van der Waals surface area contributed by atoms with E-state index in [2.05, 4.69) is 0 Å². The van der Waals surface area contributed by atoms with Crippen LogP contribution in [-0.2, 0) is 4.79 Å². The lowest BCUT2D eigenvalue weighted by Gasteiger charge is -2.19. The molecule has 2 N–H and O–H groups in total. The summed E-state index contributed by atoms with van der Waals surface area (Å²) in [7, 11) is 0. The Morgan fingerprint density at radius 1 is 1.53 bits per heavy atom. The van der Waals surface area contributed by atoms with Crippen LogP contribution in [0.4, 0.5) is 4.39 Å². The lowest BCUT2D eigenvalue weighted by atomic mass is 9.96. The predicted octanol–water partition coefficient (Wildman–Crippen LogP) is 2.13. The molecule has 1 aromatic carbocycles. The van der Waals surface area contributed by atoms with E-state index >= 15 is 0 Å². The summed E-state index contributed by atoms with van der Waals surface area (Å²) in [5.41, 5.74) is 6.24. The van der Waals surface area contributed by atoms with Crippen LogP contribution in [-0.4, -0.2) is 30.4 Å². The van der Waals surface area contributed by atoms with Gasteiger partial charge >= 0.3 is 0 Å². The largest absolute Gasteiger partial charge is 0.342 e. The molecular formula is C15H21FN2O. The monoisotopic (exact) mass is 264 g/mol. The second-order valence-corrected chi connectivity index (χ2v) is 5.36. The van der Waals surface area contributed by atoms with Crippen molar-refractivity contribution >= 4 is 5.91 Å². The van der Waals surface area contributed by atoms with Crippen LogP contribution in [0.15, 0.2) is 24.3 Å². The van der Waals surface area contributed by atoms with Crippen LogP contribution in [0.5, 0.6) is 0 Å². The van der Waals surface area contributed by atoms with Crippen molar-refractivity contribution in [1.29, 1.82) is 0 Å². The zero-order valence-corrected chi connectivity index (χ0v) is 11.3. The minimum Gasteiger partial charge on any atom is -0.342 e. The van der Waals surface area contributed by atoms with Crippen LogP contribution in [0.25, 0.3) is 0 Å². The van der Waals surface area contributed by atoms with Gasteiger partial charge in [0.15, 0.2) is 0 Å². The quantitative estimate of drug-likeness (QED) is 0.905. The summed E-state index contributed by atoms with van der Waals surface area (Å²) in [5, 5.41) is 0. The maximum atomic E-state index is 13.6. The molecule has 4 heteroatoms. The molecule has 0 spiro atoms. The minimum atomic E-state index is -0.232. The van der Waals surface area contributed by atoms with E-state index in [1.165, 1.54) is 6.07 Å². The van der Waals surface area contributed by atoms with E-state index < -0.39 is 0 Å². The molecule has 0 aromatic heterocycles. The Labute approximate surface area is 113 Å². The average Bonchev–Trinajstić information content (AvgIpc) is 2.88. The smallest absolute Gasteiger partial charge is 0.223 e. The van der Waals surface area contributed by atoms with Crippen molar-refractivity contribution < 1.29 is 9.18 Å². The number of carbonyl (C=O) groups excluding carboxylic acids is 1. The third kappa shape index (κ3) is 3.32. The zero-order chi connectivity index (χ0) is 13.8. The molecule has 104 valence electrons. The number of rotatable bonds is 4. The summed E-state index contributed by atoms with van der Waals surface area (Å²) in [5.74, 6) is 0.203. The first-order valence-corrected chi connectivity index (χ1v) is 6.84. The van der Waals surface area contributed by atoms with Crippen LogP contribution in [0.3, 0.4) is 0 Å². The Kier molecular flexibility index (Phi) is 4.53. The van der Waals surface area contributed by atoms with Crippen LogP contribution in [0.1, 0.15) is 31.2 Å². The zero-order valence-electron chi connectivity index (χ0n) is 11.3. The number of hydrogen-bond donors (Lipinski definition) is 1. The molecule has 0 unspecified atom stereocenters. The van der Waals surface area contributed by atoms with Gasteiger partial charge in [-0.15, -0.1) is 0 Å². The van der Waals surface area contributed by atoms with Gasteiger partial charge in [0.1, 0.15) is 5.82 Å². The summed E-state index contributed by atoms with van der Waals surface area (Å²) >= 11 is 0. The standard InChI is InChI=1S/C15H21FN2O/c1-11(13-4-2-3-5-14(13)16)8-15(19)18-7-6-12(9-17)10-18/h2-5,11-12H,6-10,17H2,1H3/t11-,12-/m1/s1. The van der Waals surface area contributed by atoms with Crippen LogP contribution in [0.2, 0.25) is 0 Å². The number of carbonyl (C=O) groups is 1. The second kappa shape index (κ2) is 6.15. The van der Waals surface area contributed by atoms with E-state index in [0.29, 0.717) is 24.4 Å². The van der Waals surface area contributed by atoms with E-state index in [1.54, 1.807) is 18.2 Å².